The molecule has 2 aliphatic rings. The average molecular weight is 274 g/mol. The van der Waals surface area contributed by atoms with Gasteiger partial charge in [0.2, 0.25) is 0 Å². The minimum absolute atomic E-state index is 0.175. The number of nitriles is 1. The molecule has 0 aliphatic carbocycles. The summed E-state index contributed by atoms with van der Waals surface area (Å²) in [4.78, 5) is 4.65. The summed E-state index contributed by atoms with van der Waals surface area (Å²) in [5.41, 5.74) is 0.915. The summed E-state index contributed by atoms with van der Waals surface area (Å²) in [5, 5.41) is 12.5. The van der Waals surface area contributed by atoms with Gasteiger partial charge in [0, 0.05) is 45.3 Å². The van der Waals surface area contributed by atoms with Gasteiger partial charge in [0.15, 0.2) is 0 Å². The molecule has 2 heterocycles. The summed E-state index contributed by atoms with van der Waals surface area (Å²) in [7, 11) is 0. The van der Waals surface area contributed by atoms with Gasteiger partial charge in [-0.2, -0.15) is 5.26 Å². The molecule has 1 N–H and O–H groups in total. The molecule has 4 nitrogen and oxygen atoms in total. The third kappa shape index (κ3) is 2.49. The van der Waals surface area contributed by atoms with E-state index in [-0.39, 0.29) is 5.56 Å². The Morgan fingerprint density at radius 3 is 2.80 bits per heavy atom. The molecule has 0 spiro atoms. The van der Waals surface area contributed by atoms with Crippen molar-refractivity contribution >= 4 is 5.69 Å². The van der Waals surface area contributed by atoms with E-state index in [2.05, 4.69) is 15.1 Å². The molecule has 1 unspecified atom stereocenters. The summed E-state index contributed by atoms with van der Waals surface area (Å²) in [6, 6.07) is 7.40. The summed E-state index contributed by atoms with van der Waals surface area (Å²) in [6.45, 7) is 6.02. The highest BCUT2D eigenvalue weighted by Gasteiger charge is 2.29. The first kappa shape index (κ1) is 13.3. The van der Waals surface area contributed by atoms with E-state index in [1.54, 1.807) is 6.07 Å². The average Bonchev–Trinajstić information content (AvgIpc) is 2.97. The Balaban J connectivity index is 1.74. The van der Waals surface area contributed by atoms with Crippen molar-refractivity contribution in [3.05, 3.63) is 29.6 Å². The van der Waals surface area contributed by atoms with Crippen LogP contribution in [0, 0.1) is 17.1 Å². The number of hydrogen-bond donors (Lipinski definition) is 1. The van der Waals surface area contributed by atoms with Crippen LogP contribution in [0.25, 0.3) is 0 Å². The molecular weight excluding hydrogens is 255 g/mol. The first-order valence-electron chi connectivity index (χ1n) is 7.18. The highest BCUT2D eigenvalue weighted by atomic mass is 19.1. The fourth-order valence-corrected chi connectivity index (χ4v) is 3.19. The molecule has 5 heteroatoms. The van der Waals surface area contributed by atoms with E-state index in [9.17, 15) is 4.39 Å². The van der Waals surface area contributed by atoms with Gasteiger partial charge >= 0.3 is 0 Å². The van der Waals surface area contributed by atoms with Crippen molar-refractivity contribution < 1.29 is 4.39 Å². The van der Waals surface area contributed by atoms with Gasteiger partial charge in [-0.25, -0.2) is 4.39 Å². The molecule has 106 valence electrons. The summed E-state index contributed by atoms with van der Waals surface area (Å²) in [6.07, 6.45) is 1.08. The molecule has 1 aromatic rings. The van der Waals surface area contributed by atoms with E-state index in [4.69, 9.17) is 5.26 Å². The third-order valence-electron chi connectivity index (χ3n) is 4.28. The molecule has 2 saturated heterocycles. The maximum Gasteiger partial charge on any atom is 0.143 e. The van der Waals surface area contributed by atoms with E-state index < -0.39 is 5.82 Å². The molecule has 1 atom stereocenters. The van der Waals surface area contributed by atoms with Gasteiger partial charge in [-0.15, -0.1) is 0 Å². The van der Waals surface area contributed by atoms with Crippen molar-refractivity contribution in [1.82, 2.24) is 10.2 Å². The summed E-state index contributed by atoms with van der Waals surface area (Å²) < 4.78 is 13.7. The lowest BCUT2D eigenvalue weighted by Gasteiger charge is -2.32. The zero-order valence-electron chi connectivity index (χ0n) is 11.5. The Morgan fingerprint density at radius 2 is 2.05 bits per heavy atom. The van der Waals surface area contributed by atoms with Crippen molar-refractivity contribution in [2.45, 2.75) is 12.5 Å². The highest BCUT2D eigenvalue weighted by Crippen LogP contribution is 2.27. The largest absolute Gasteiger partial charge is 0.369 e. The smallest absolute Gasteiger partial charge is 0.143 e. The van der Waals surface area contributed by atoms with E-state index in [1.807, 2.05) is 12.1 Å². The number of piperazine rings is 1. The van der Waals surface area contributed by atoms with Gasteiger partial charge < -0.3 is 10.2 Å². The standard InChI is InChI=1S/C15H19FN4/c16-14-2-1-3-15(13(14)10-17)20-7-4-12(11-20)19-8-5-18-6-9-19/h1-3,12,18H,4-9,11H2. The zero-order valence-corrected chi connectivity index (χ0v) is 11.5. The Kier molecular flexibility index (Phi) is 3.86. The number of rotatable bonds is 2. The molecule has 20 heavy (non-hydrogen) atoms. The normalized spacial score (nSPS) is 23.8. The van der Waals surface area contributed by atoms with Crippen molar-refractivity contribution in [3.63, 3.8) is 0 Å². The van der Waals surface area contributed by atoms with Crippen molar-refractivity contribution in [1.29, 1.82) is 5.26 Å². The van der Waals surface area contributed by atoms with Crippen molar-refractivity contribution in [3.8, 4) is 6.07 Å². The van der Waals surface area contributed by atoms with Crippen LogP contribution in [0.15, 0.2) is 18.2 Å². The Hall–Kier alpha value is -1.64. The lowest BCUT2D eigenvalue weighted by molar-refractivity contribution is 0.185. The van der Waals surface area contributed by atoms with Gasteiger partial charge in [-0.3, -0.25) is 4.90 Å². The minimum atomic E-state index is -0.421. The number of halogens is 1. The monoisotopic (exact) mass is 274 g/mol. The van der Waals surface area contributed by atoms with Crippen molar-refractivity contribution in [2.24, 2.45) is 0 Å². The van der Waals surface area contributed by atoms with Crippen LogP contribution in [-0.4, -0.2) is 50.2 Å². The molecule has 2 aliphatic heterocycles. The van der Waals surface area contributed by atoms with Gasteiger partial charge in [0.1, 0.15) is 17.4 Å². The Labute approximate surface area is 118 Å². The van der Waals surface area contributed by atoms with Crippen molar-refractivity contribution in [2.75, 3.05) is 44.2 Å². The van der Waals surface area contributed by atoms with E-state index in [0.29, 0.717) is 6.04 Å². The molecule has 1 aromatic carbocycles. The predicted octanol–water partition coefficient (Wildman–Crippen LogP) is 1.18. The zero-order chi connectivity index (χ0) is 13.9. The number of nitrogens with one attached hydrogen (secondary N) is 1. The molecular formula is C15H19FN4. The second-order valence-electron chi connectivity index (χ2n) is 5.42. The van der Waals surface area contributed by atoms with E-state index in [1.165, 1.54) is 6.07 Å². The molecule has 3 rings (SSSR count). The van der Waals surface area contributed by atoms with Crippen LogP contribution in [0.1, 0.15) is 12.0 Å². The fourth-order valence-electron chi connectivity index (χ4n) is 3.19. The quantitative estimate of drug-likeness (QED) is 0.879. The third-order valence-corrected chi connectivity index (χ3v) is 4.28. The summed E-state index contributed by atoms with van der Waals surface area (Å²) in [5.74, 6) is -0.421. The Morgan fingerprint density at radius 1 is 1.25 bits per heavy atom. The molecule has 0 saturated carbocycles. The second-order valence-corrected chi connectivity index (χ2v) is 5.42. The molecule has 0 amide bonds. The molecule has 0 bridgehead atoms. The topological polar surface area (TPSA) is 42.3 Å². The van der Waals surface area contributed by atoms with Crippen LogP contribution in [0.3, 0.4) is 0 Å². The first-order valence-corrected chi connectivity index (χ1v) is 7.18. The minimum Gasteiger partial charge on any atom is -0.369 e. The maximum absolute atomic E-state index is 13.7. The van der Waals surface area contributed by atoms with E-state index in [0.717, 1.165) is 51.4 Å². The fraction of sp³-hybridized carbons (Fsp3) is 0.533. The molecule has 2 fully saturated rings. The molecule has 0 radical (unpaired) electrons. The number of anilines is 1. The highest BCUT2D eigenvalue weighted by molar-refractivity contribution is 5.60. The summed E-state index contributed by atoms with van der Waals surface area (Å²) >= 11 is 0. The van der Waals surface area contributed by atoms with Gasteiger partial charge in [-0.05, 0) is 18.6 Å². The lowest BCUT2D eigenvalue weighted by Crippen LogP contribution is -2.49. The van der Waals surface area contributed by atoms with Gasteiger partial charge in [0.05, 0.1) is 5.69 Å². The van der Waals surface area contributed by atoms with Gasteiger partial charge in [-0.1, -0.05) is 6.07 Å². The van der Waals surface area contributed by atoms with Crippen LogP contribution >= 0.6 is 0 Å². The van der Waals surface area contributed by atoms with Crippen LogP contribution in [0.4, 0.5) is 10.1 Å². The lowest BCUT2D eigenvalue weighted by atomic mass is 10.1. The maximum atomic E-state index is 13.7. The molecule has 0 aromatic heterocycles. The SMILES string of the molecule is N#Cc1c(F)cccc1N1CCC(N2CCNCC2)C1. The number of benzene rings is 1. The van der Waals surface area contributed by atoms with Crippen LogP contribution in [0.2, 0.25) is 0 Å². The predicted molar refractivity (Wildman–Crippen MR) is 76.2 cm³/mol. The first-order chi connectivity index (χ1) is 9.79. The number of hydrogen-bond acceptors (Lipinski definition) is 4. The number of nitrogens with zero attached hydrogens (tertiary/aromatic N) is 3. The van der Waals surface area contributed by atoms with Crippen LogP contribution < -0.4 is 10.2 Å². The van der Waals surface area contributed by atoms with Crippen LogP contribution in [-0.2, 0) is 0 Å². The Bertz CT molecular complexity index is 519. The van der Waals surface area contributed by atoms with Gasteiger partial charge in [0.25, 0.3) is 0 Å². The van der Waals surface area contributed by atoms with Crippen LogP contribution in [0.5, 0.6) is 0 Å². The van der Waals surface area contributed by atoms with E-state index >= 15 is 0 Å². The second kappa shape index (κ2) is 5.78.